The van der Waals surface area contributed by atoms with E-state index in [1.807, 2.05) is 6.07 Å². The minimum atomic E-state index is -3.81. The van der Waals surface area contributed by atoms with Gasteiger partial charge in [0.25, 0.3) is 11.8 Å². The second kappa shape index (κ2) is 10.4. The second-order valence-corrected chi connectivity index (χ2v) is 9.82. The standard InChI is InChI=1S/C24H22ClN3O5S/c25-21-11-10-18(34(31,32)28-12-14-33-15-13-28)16-20(21)24(30)27-22-9-5-4-8-19(22)23(29)26-17-6-2-1-3-7-17/h1-11,16H,12-15H2,(H,26,29)(H,27,30). The number of carbonyl (C=O) groups is 2. The van der Waals surface area contributed by atoms with Gasteiger partial charge in [-0.3, -0.25) is 9.59 Å². The number of morpholine rings is 1. The van der Waals surface area contributed by atoms with E-state index in [0.29, 0.717) is 18.9 Å². The minimum Gasteiger partial charge on any atom is -0.379 e. The first-order valence-corrected chi connectivity index (χ1v) is 12.3. The van der Waals surface area contributed by atoms with E-state index in [0.717, 1.165) is 0 Å². The summed E-state index contributed by atoms with van der Waals surface area (Å²) in [4.78, 5) is 25.8. The highest BCUT2D eigenvalue weighted by atomic mass is 35.5. The fourth-order valence-corrected chi connectivity index (χ4v) is 5.11. The molecule has 10 heteroatoms. The SMILES string of the molecule is O=C(Nc1ccccc1C(=O)Nc1ccccc1)c1cc(S(=O)(=O)N2CCOCC2)ccc1Cl. The zero-order valence-corrected chi connectivity index (χ0v) is 19.6. The summed E-state index contributed by atoms with van der Waals surface area (Å²) < 4.78 is 32.5. The van der Waals surface area contributed by atoms with Gasteiger partial charge in [0.1, 0.15) is 0 Å². The quantitative estimate of drug-likeness (QED) is 0.535. The molecule has 8 nitrogen and oxygen atoms in total. The van der Waals surface area contributed by atoms with Crippen LogP contribution >= 0.6 is 11.6 Å². The van der Waals surface area contributed by atoms with Crippen LogP contribution in [0.15, 0.2) is 77.7 Å². The molecule has 3 aromatic rings. The van der Waals surface area contributed by atoms with Crippen molar-refractivity contribution in [1.82, 2.24) is 4.31 Å². The molecule has 0 aromatic heterocycles. The number of para-hydroxylation sites is 2. The van der Waals surface area contributed by atoms with Gasteiger partial charge in [0, 0.05) is 18.8 Å². The van der Waals surface area contributed by atoms with Crippen molar-refractivity contribution in [3.05, 3.63) is 88.9 Å². The highest BCUT2D eigenvalue weighted by Crippen LogP contribution is 2.25. The van der Waals surface area contributed by atoms with Crippen LogP contribution in [0.1, 0.15) is 20.7 Å². The van der Waals surface area contributed by atoms with Crippen molar-refractivity contribution in [2.45, 2.75) is 4.90 Å². The fourth-order valence-electron chi connectivity index (χ4n) is 3.47. The zero-order chi connectivity index (χ0) is 24.1. The molecule has 34 heavy (non-hydrogen) atoms. The first kappa shape index (κ1) is 23.9. The Labute approximate surface area is 202 Å². The lowest BCUT2D eigenvalue weighted by atomic mass is 10.1. The van der Waals surface area contributed by atoms with E-state index in [4.69, 9.17) is 16.3 Å². The molecular formula is C24H22ClN3O5S. The maximum atomic E-state index is 13.1. The van der Waals surface area contributed by atoms with Crippen LogP contribution in [0.2, 0.25) is 5.02 Å². The first-order valence-electron chi connectivity index (χ1n) is 10.5. The molecular weight excluding hydrogens is 478 g/mol. The topological polar surface area (TPSA) is 105 Å². The summed E-state index contributed by atoms with van der Waals surface area (Å²) in [5, 5.41) is 5.54. The largest absolute Gasteiger partial charge is 0.379 e. The highest BCUT2D eigenvalue weighted by molar-refractivity contribution is 7.89. The maximum Gasteiger partial charge on any atom is 0.257 e. The van der Waals surface area contributed by atoms with E-state index < -0.39 is 21.8 Å². The molecule has 2 N–H and O–H groups in total. The summed E-state index contributed by atoms with van der Waals surface area (Å²) in [5.74, 6) is -1.04. The fraction of sp³-hybridized carbons (Fsp3) is 0.167. The van der Waals surface area contributed by atoms with E-state index in [9.17, 15) is 18.0 Å². The van der Waals surface area contributed by atoms with E-state index >= 15 is 0 Å². The average Bonchev–Trinajstić information content (AvgIpc) is 2.85. The number of rotatable bonds is 6. The molecule has 0 radical (unpaired) electrons. The average molecular weight is 500 g/mol. The Morgan fingerprint density at radius 2 is 1.47 bits per heavy atom. The highest BCUT2D eigenvalue weighted by Gasteiger charge is 2.28. The summed E-state index contributed by atoms with van der Waals surface area (Å²) in [7, 11) is -3.81. The monoisotopic (exact) mass is 499 g/mol. The number of nitrogens with one attached hydrogen (secondary N) is 2. The van der Waals surface area contributed by atoms with Crippen molar-refractivity contribution in [2.75, 3.05) is 36.9 Å². The molecule has 0 spiro atoms. The minimum absolute atomic E-state index is 0.0192. The van der Waals surface area contributed by atoms with Crippen molar-refractivity contribution >= 4 is 44.8 Å². The summed E-state index contributed by atoms with van der Waals surface area (Å²) in [5.41, 5.74) is 1.10. The Balaban J connectivity index is 1.58. The van der Waals surface area contributed by atoms with E-state index in [1.165, 1.54) is 22.5 Å². The Kier molecular flexibility index (Phi) is 7.28. The van der Waals surface area contributed by atoms with Gasteiger partial charge >= 0.3 is 0 Å². The molecule has 3 aromatic carbocycles. The molecule has 0 bridgehead atoms. The summed E-state index contributed by atoms with van der Waals surface area (Å²) in [6.07, 6.45) is 0. The lowest BCUT2D eigenvalue weighted by molar-refractivity contribution is 0.0730. The molecule has 176 valence electrons. The van der Waals surface area contributed by atoms with Crippen molar-refractivity contribution in [3.8, 4) is 0 Å². The van der Waals surface area contributed by atoms with Crippen molar-refractivity contribution in [1.29, 1.82) is 0 Å². The van der Waals surface area contributed by atoms with Crippen LogP contribution in [0.5, 0.6) is 0 Å². The van der Waals surface area contributed by atoms with E-state index in [-0.39, 0.29) is 39.8 Å². The van der Waals surface area contributed by atoms with Crippen LogP contribution in [-0.2, 0) is 14.8 Å². The molecule has 1 heterocycles. The number of nitrogens with zero attached hydrogens (tertiary/aromatic N) is 1. The van der Waals surface area contributed by atoms with Gasteiger partial charge in [-0.25, -0.2) is 8.42 Å². The molecule has 2 amide bonds. The molecule has 0 aliphatic carbocycles. The number of hydrogen-bond acceptors (Lipinski definition) is 5. The van der Waals surface area contributed by atoms with Crippen LogP contribution in [0.3, 0.4) is 0 Å². The van der Waals surface area contributed by atoms with Gasteiger partial charge in [0.05, 0.1) is 39.9 Å². The van der Waals surface area contributed by atoms with Crippen molar-refractivity contribution in [3.63, 3.8) is 0 Å². The normalized spacial score (nSPS) is 14.4. The van der Waals surface area contributed by atoms with Crippen LogP contribution in [0.4, 0.5) is 11.4 Å². The second-order valence-electron chi connectivity index (χ2n) is 7.48. The van der Waals surface area contributed by atoms with E-state index in [1.54, 1.807) is 48.5 Å². The summed E-state index contributed by atoms with van der Waals surface area (Å²) in [6, 6.07) is 19.4. The van der Waals surface area contributed by atoms with Crippen LogP contribution in [-0.4, -0.2) is 50.8 Å². The van der Waals surface area contributed by atoms with Gasteiger partial charge in [-0.1, -0.05) is 41.9 Å². The molecule has 0 atom stereocenters. The smallest absolute Gasteiger partial charge is 0.257 e. The molecule has 1 aliphatic rings. The predicted octanol–water partition coefficient (Wildman–Crippen LogP) is 3.87. The Bertz CT molecular complexity index is 1310. The third-order valence-corrected chi connectivity index (χ3v) is 7.47. The van der Waals surface area contributed by atoms with Gasteiger partial charge in [-0.15, -0.1) is 0 Å². The molecule has 1 fully saturated rings. The Hall–Kier alpha value is -3.24. The maximum absolute atomic E-state index is 13.1. The number of ether oxygens (including phenoxy) is 1. The number of benzene rings is 3. The lowest BCUT2D eigenvalue weighted by Gasteiger charge is -2.26. The lowest BCUT2D eigenvalue weighted by Crippen LogP contribution is -2.40. The summed E-state index contributed by atoms with van der Waals surface area (Å²) in [6.45, 7) is 1.08. The number of amides is 2. The van der Waals surface area contributed by atoms with Crippen LogP contribution < -0.4 is 10.6 Å². The van der Waals surface area contributed by atoms with E-state index in [2.05, 4.69) is 10.6 Å². The van der Waals surface area contributed by atoms with Gasteiger partial charge in [-0.05, 0) is 42.5 Å². The third-order valence-electron chi connectivity index (χ3n) is 5.24. The molecule has 1 aliphatic heterocycles. The first-order chi connectivity index (χ1) is 16.4. The van der Waals surface area contributed by atoms with Gasteiger partial charge in [0.2, 0.25) is 10.0 Å². The zero-order valence-electron chi connectivity index (χ0n) is 18.0. The van der Waals surface area contributed by atoms with Crippen LogP contribution in [0, 0.1) is 0 Å². The Morgan fingerprint density at radius 3 is 2.21 bits per heavy atom. The number of sulfonamides is 1. The van der Waals surface area contributed by atoms with Gasteiger partial charge in [0.15, 0.2) is 0 Å². The van der Waals surface area contributed by atoms with Gasteiger partial charge in [-0.2, -0.15) is 4.31 Å². The number of halogens is 1. The molecule has 1 saturated heterocycles. The van der Waals surface area contributed by atoms with Crippen molar-refractivity contribution in [2.24, 2.45) is 0 Å². The third kappa shape index (κ3) is 5.28. The summed E-state index contributed by atoms with van der Waals surface area (Å²) >= 11 is 6.23. The van der Waals surface area contributed by atoms with Crippen molar-refractivity contribution < 1.29 is 22.7 Å². The molecule has 0 unspecified atom stereocenters. The number of anilines is 2. The van der Waals surface area contributed by atoms with Gasteiger partial charge < -0.3 is 15.4 Å². The number of hydrogen-bond donors (Lipinski definition) is 2. The predicted molar refractivity (Wildman–Crippen MR) is 130 cm³/mol. The molecule has 4 rings (SSSR count). The number of carbonyl (C=O) groups excluding carboxylic acids is 2. The Morgan fingerprint density at radius 1 is 0.824 bits per heavy atom. The molecule has 0 saturated carbocycles. The van der Waals surface area contributed by atoms with Crippen LogP contribution in [0.25, 0.3) is 0 Å².